The van der Waals surface area contributed by atoms with Gasteiger partial charge in [0.15, 0.2) is 0 Å². The highest BCUT2D eigenvalue weighted by molar-refractivity contribution is 5.93. The summed E-state index contributed by atoms with van der Waals surface area (Å²) in [7, 11) is 0. The quantitative estimate of drug-likeness (QED) is 0.511. The fourth-order valence-corrected chi connectivity index (χ4v) is 3.22. The number of benzene rings is 2. The van der Waals surface area contributed by atoms with Crippen LogP contribution in [0.25, 0.3) is 11.0 Å². The number of rotatable bonds is 8. The van der Waals surface area contributed by atoms with Crippen LogP contribution in [0.15, 0.2) is 42.5 Å². The van der Waals surface area contributed by atoms with Gasteiger partial charge in [0, 0.05) is 31.0 Å². The SMILES string of the molecule is O=C(CCCNC(=O)C1CC1)Nc1ccc2nc(Cc3ccccc3F)[nH]c2c1. The van der Waals surface area contributed by atoms with Crippen LogP contribution in [0.2, 0.25) is 0 Å². The molecule has 29 heavy (non-hydrogen) atoms. The second-order valence-electron chi connectivity index (χ2n) is 7.40. The first-order valence-corrected chi connectivity index (χ1v) is 9.88. The number of aromatic nitrogens is 2. The summed E-state index contributed by atoms with van der Waals surface area (Å²) in [5, 5.41) is 5.72. The van der Waals surface area contributed by atoms with Crippen molar-refractivity contribution in [2.75, 3.05) is 11.9 Å². The second kappa shape index (κ2) is 8.43. The Morgan fingerprint density at radius 1 is 1.17 bits per heavy atom. The maximum Gasteiger partial charge on any atom is 0.224 e. The molecule has 1 saturated carbocycles. The number of hydrogen-bond donors (Lipinski definition) is 3. The monoisotopic (exact) mass is 394 g/mol. The van der Waals surface area contributed by atoms with Crippen LogP contribution < -0.4 is 10.6 Å². The predicted octanol–water partition coefficient (Wildman–Crippen LogP) is 3.54. The largest absolute Gasteiger partial charge is 0.356 e. The van der Waals surface area contributed by atoms with Gasteiger partial charge in [-0.15, -0.1) is 0 Å². The number of nitrogens with zero attached hydrogens (tertiary/aromatic N) is 1. The molecule has 6 nitrogen and oxygen atoms in total. The van der Waals surface area contributed by atoms with Crippen molar-refractivity contribution in [1.82, 2.24) is 15.3 Å². The first-order valence-electron chi connectivity index (χ1n) is 9.88. The number of halogens is 1. The third kappa shape index (κ3) is 4.99. The van der Waals surface area contributed by atoms with Crippen LogP contribution in [0.5, 0.6) is 0 Å². The fraction of sp³-hybridized carbons (Fsp3) is 0.318. The first kappa shape index (κ1) is 19.1. The van der Waals surface area contributed by atoms with E-state index in [1.54, 1.807) is 24.3 Å². The summed E-state index contributed by atoms with van der Waals surface area (Å²) >= 11 is 0. The number of nitrogens with one attached hydrogen (secondary N) is 3. The van der Waals surface area contributed by atoms with Crippen molar-refractivity contribution < 1.29 is 14.0 Å². The Balaban J connectivity index is 1.31. The standard InChI is InChI=1S/C22H23FN4O2/c23-17-5-2-1-4-15(17)12-20-26-18-10-9-16(13-19(18)27-20)25-21(28)6-3-11-24-22(29)14-7-8-14/h1-2,4-5,9-10,13-14H,3,6-8,11-12H2,(H,24,29)(H,25,28)(H,26,27). The van der Waals surface area contributed by atoms with Crippen LogP contribution in [0.3, 0.4) is 0 Å². The van der Waals surface area contributed by atoms with Gasteiger partial charge in [0.1, 0.15) is 11.6 Å². The molecule has 0 bridgehead atoms. The molecule has 3 N–H and O–H groups in total. The minimum absolute atomic E-state index is 0.0984. The van der Waals surface area contributed by atoms with Gasteiger partial charge in [-0.05, 0) is 49.1 Å². The maximum atomic E-state index is 13.8. The zero-order valence-electron chi connectivity index (χ0n) is 16.0. The van der Waals surface area contributed by atoms with E-state index < -0.39 is 0 Å². The van der Waals surface area contributed by atoms with E-state index >= 15 is 0 Å². The Kier molecular flexibility index (Phi) is 5.55. The maximum absolute atomic E-state index is 13.8. The molecule has 2 amide bonds. The highest BCUT2D eigenvalue weighted by Crippen LogP contribution is 2.28. The molecule has 1 heterocycles. The van der Waals surface area contributed by atoms with Crippen LogP contribution in [-0.2, 0) is 16.0 Å². The molecule has 1 aliphatic rings. The lowest BCUT2D eigenvalue weighted by atomic mass is 10.1. The zero-order valence-corrected chi connectivity index (χ0v) is 16.0. The van der Waals surface area contributed by atoms with Crippen LogP contribution >= 0.6 is 0 Å². The normalized spacial score (nSPS) is 13.4. The molecule has 0 unspecified atom stereocenters. The summed E-state index contributed by atoms with van der Waals surface area (Å²) in [5.74, 6) is 0.597. The molecule has 0 radical (unpaired) electrons. The third-order valence-corrected chi connectivity index (χ3v) is 4.96. The summed E-state index contributed by atoms with van der Waals surface area (Å²) in [6, 6.07) is 12.1. The van der Waals surface area contributed by atoms with Crippen molar-refractivity contribution in [2.24, 2.45) is 5.92 Å². The number of carbonyl (C=O) groups is 2. The first-order chi connectivity index (χ1) is 14.1. The number of anilines is 1. The molecule has 0 atom stereocenters. The van der Waals surface area contributed by atoms with Gasteiger partial charge in [0.25, 0.3) is 0 Å². The molecule has 0 spiro atoms. The molecule has 4 rings (SSSR count). The van der Waals surface area contributed by atoms with Crippen molar-refractivity contribution in [3.05, 3.63) is 59.7 Å². The lowest BCUT2D eigenvalue weighted by molar-refractivity contribution is -0.122. The lowest BCUT2D eigenvalue weighted by Crippen LogP contribution is -2.26. The minimum Gasteiger partial charge on any atom is -0.356 e. The van der Waals surface area contributed by atoms with E-state index in [0.717, 1.165) is 23.9 Å². The molecule has 2 aromatic carbocycles. The predicted molar refractivity (Wildman–Crippen MR) is 109 cm³/mol. The van der Waals surface area contributed by atoms with E-state index in [2.05, 4.69) is 20.6 Å². The number of hydrogen-bond acceptors (Lipinski definition) is 3. The van der Waals surface area contributed by atoms with Gasteiger partial charge in [-0.2, -0.15) is 0 Å². The average Bonchev–Trinajstić information content (AvgIpc) is 3.48. The number of amides is 2. The van der Waals surface area contributed by atoms with Gasteiger partial charge in [0.2, 0.25) is 11.8 Å². The lowest BCUT2D eigenvalue weighted by Gasteiger charge is -2.06. The third-order valence-electron chi connectivity index (χ3n) is 4.96. The van der Waals surface area contributed by atoms with E-state index in [9.17, 15) is 14.0 Å². The summed E-state index contributed by atoms with van der Waals surface area (Å²) in [6.07, 6.45) is 3.26. The summed E-state index contributed by atoms with van der Waals surface area (Å²) in [6.45, 7) is 0.516. The molecular weight excluding hydrogens is 371 g/mol. The van der Waals surface area contributed by atoms with Crippen LogP contribution in [0.1, 0.15) is 37.1 Å². The van der Waals surface area contributed by atoms with Crippen LogP contribution in [0.4, 0.5) is 10.1 Å². The smallest absolute Gasteiger partial charge is 0.224 e. The molecule has 150 valence electrons. The Hall–Kier alpha value is -3.22. The number of carbonyl (C=O) groups excluding carboxylic acids is 2. The molecule has 3 aromatic rings. The molecule has 7 heteroatoms. The van der Waals surface area contributed by atoms with E-state index in [-0.39, 0.29) is 23.5 Å². The Bertz CT molecular complexity index is 1040. The van der Waals surface area contributed by atoms with Crippen molar-refractivity contribution >= 4 is 28.5 Å². The molecule has 1 fully saturated rings. The Labute approximate surface area is 167 Å². The fourth-order valence-electron chi connectivity index (χ4n) is 3.22. The van der Waals surface area contributed by atoms with E-state index in [1.807, 2.05) is 12.1 Å². The van der Waals surface area contributed by atoms with Crippen molar-refractivity contribution in [3.8, 4) is 0 Å². The molecule has 1 aromatic heterocycles. The second-order valence-corrected chi connectivity index (χ2v) is 7.40. The van der Waals surface area contributed by atoms with Crippen LogP contribution in [0, 0.1) is 11.7 Å². The molecular formula is C22H23FN4O2. The topological polar surface area (TPSA) is 86.9 Å². The van der Waals surface area contributed by atoms with Gasteiger partial charge in [0.05, 0.1) is 11.0 Å². The minimum atomic E-state index is -0.255. The van der Waals surface area contributed by atoms with Gasteiger partial charge in [-0.1, -0.05) is 18.2 Å². The van der Waals surface area contributed by atoms with Gasteiger partial charge < -0.3 is 15.6 Å². The summed E-state index contributed by atoms with van der Waals surface area (Å²) in [5.41, 5.74) is 2.79. The number of fused-ring (bicyclic) bond motifs is 1. The molecule has 0 aliphatic heterocycles. The number of H-pyrrole nitrogens is 1. The number of imidazole rings is 1. The Morgan fingerprint density at radius 3 is 2.79 bits per heavy atom. The van der Waals surface area contributed by atoms with Crippen molar-refractivity contribution in [3.63, 3.8) is 0 Å². The highest BCUT2D eigenvalue weighted by atomic mass is 19.1. The summed E-state index contributed by atoms with van der Waals surface area (Å²) in [4.78, 5) is 31.4. The Morgan fingerprint density at radius 2 is 2.00 bits per heavy atom. The van der Waals surface area contributed by atoms with Gasteiger partial charge >= 0.3 is 0 Å². The van der Waals surface area contributed by atoms with Gasteiger partial charge in [-0.25, -0.2) is 9.37 Å². The van der Waals surface area contributed by atoms with E-state index in [0.29, 0.717) is 42.9 Å². The molecule has 0 saturated heterocycles. The van der Waals surface area contributed by atoms with E-state index in [1.165, 1.54) is 6.07 Å². The van der Waals surface area contributed by atoms with Gasteiger partial charge in [-0.3, -0.25) is 9.59 Å². The van der Waals surface area contributed by atoms with Crippen molar-refractivity contribution in [2.45, 2.75) is 32.1 Å². The van der Waals surface area contributed by atoms with E-state index in [4.69, 9.17) is 0 Å². The highest BCUT2D eigenvalue weighted by Gasteiger charge is 2.28. The van der Waals surface area contributed by atoms with Crippen LogP contribution in [-0.4, -0.2) is 28.3 Å². The zero-order chi connectivity index (χ0) is 20.2. The summed E-state index contributed by atoms with van der Waals surface area (Å²) < 4.78 is 13.8. The van der Waals surface area contributed by atoms with Crippen molar-refractivity contribution in [1.29, 1.82) is 0 Å². The number of aromatic amines is 1. The average molecular weight is 394 g/mol. The molecule has 1 aliphatic carbocycles.